The lowest BCUT2D eigenvalue weighted by Crippen LogP contribution is -2.20. The van der Waals surface area contributed by atoms with Crippen molar-refractivity contribution in [2.45, 2.75) is 13.3 Å². The Morgan fingerprint density at radius 1 is 0.846 bits per heavy atom. The van der Waals surface area contributed by atoms with Crippen LogP contribution in [0.1, 0.15) is 23.7 Å². The van der Waals surface area contributed by atoms with Crippen LogP contribution in [-0.2, 0) is 9.59 Å². The van der Waals surface area contributed by atoms with Gasteiger partial charge in [0.1, 0.15) is 5.75 Å². The molecule has 1 aliphatic carbocycles. The predicted octanol–water partition coefficient (Wildman–Crippen LogP) is 3.11. The first-order valence-corrected chi connectivity index (χ1v) is 8.34. The molecule has 2 unspecified atom stereocenters. The molecule has 2 aromatic rings. The van der Waals surface area contributed by atoms with E-state index >= 15 is 0 Å². The summed E-state index contributed by atoms with van der Waals surface area (Å²) in [5.41, 5.74) is 1.87. The SMILES string of the molecule is COc1ccc(NC(=O)C2CC2C(=O)Nc2ccc(C(C)=O)cc2)cc1. The zero-order valence-corrected chi connectivity index (χ0v) is 14.6. The van der Waals surface area contributed by atoms with Gasteiger partial charge in [0.25, 0.3) is 0 Å². The highest BCUT2D eigenvalue weighted by Crippen LogP contribution is 2.40. The van der Waals surface area contributed by atoms with E-state index in [0.717, 1.165) is 0 Å². The van der Waals surface area contributed by atoms with Gasteiger partial charge in [-0.3, -0.25) is 14.4 Å². The van der Waals surface area contributed by atoms with Crippen LogP contribution >= 0.6 is 0 Å². The molecule has 0 radical (unpaired) electrons. The Morgan fingerprint density at radius 3 is 1.73 bits per heavy atom. The summed E-state index contributed by atoms with van der Waals surface area (Å²) in [5, 5.41) is 5.60. The molecule has 0 heterocycles. The Morgan fingerprint density at radius 2 is 1.31 bits per heavy atom. The number of Topliss-reactive ketones (excluding diaryl/α,β-unsaturated/α-hetero) is 1. The van der Waals surface area contributed by atoms with E-state index in [0.29, 0.717) is 29.1 Å². The maximum Gasteiger partial charge on any atom is 0.228 e. The zero-order chi connectivity index (χ0) is 18.7. The average Bonchev–Trinajstić information content (AvgIpc) is 3.44. The van der Waals surface area contributed by atoms with E-state index in [1.54, 1.807) is 55.6 Å². The number of carbonyl (C=O) groups is 3. The van der Waals surface area contributed by atoms with Gasteiger partial charge in [-0.25, -0.2) is 0 Å². The number of anilines is 2. The Hall–Kier alpha value is -3.15. The standard InChI is InChI=1S/C20H20N2O4/c1-12(23)13-3-5-14(6-4-13)21-19(24)17-11-18(17)20(25)22-15-7-9-16(26-2)10-8-15/h3-10,17-18H,11H2,1-2H3,(H,21,24)(H,22,25). The molecule has 0 saturated heterocycles. The second kappa shape index (κ2) is 7.39. The number of ketones is 1. The fourth-order valence-electron chi connectivity index (χ4n) is 2.71. The van der Waals surface area contributed by atoms with Gasteiger partial charge in [0.2, 0.25) is 11.8 Å². The predicted molar refractivity (Wildman–Crippen MR) is 98.3 cm³/mol. The van der Waals surface area contributed by atoms with Gasteiger partial charge < -0.3 is 15.4 Å². The van der Waals surface area contributed by atoms with Gasteiger partial charge in [0.05, 0.1) is 18.9 Å². The topological polar surface area (TPSA) is 84.5 Å². The molecule has 1 fully saturated rings. The van der Waals surface area contributed by atoms with Crippen LogP contribution in [-0.4, -0.2) is 24.7 Å². The molecule has 2 amide bonds. The lowest BCUT2D eigenvalue weighted by molar-refractivity contribution is -0.122. The number of benzene rings is 2. The highest BCUT2D eigenvalue weighted by molar-refractivity contribution is 6.03. The summed E-state index contributed by atoms with van der Waals surface area (Å²) in [6.07, 6.45) is 0.527. The van der Waals surface area contributed by atoms with Crippen LogP contribution in [0.2, 0.25) is 0 Å². The average molecular weight is 352 g/mol. The molecule has 2 N–H and O–H groups in total. The summed E-state index contributed by atoms with van der Waals surface area (Å²) in [7, 11) is 1.58. The molecular weight excluding hydrogens is 332 g/mol. The van der Waals surface area contributed by atoms with Crippen LogP contribution in [0.4, 0.5) is 11.4 Å². The smallest absolute Gasteiger partial charge is 0.228 e. The molecule has 6 heteroatoms. The van der Waals surface area contributed by atoms with Crippen LogP contribution in [0.25, 0.3) is 0 Å². The third kappa shape index (κ3) is 4.08. The number of carbonyl (C=O) groups excluding carboxylic acids is 3. The van der Waals surface area contributed by atoms with Crippen molar-refractivity contribution in [3.63, 3.8) is 0 Å². The van der Waals surface area contributed by atoms with Crippen LogP contribution in [0, 0.1) is 11.8 Å². The van der Waals surface area contributed by atoms with Crippen LogP contribution < -0.4 is 15.4 Å². The van der Waals surface area contributed by atoms with Crippen LogP contribution in [0.5, 0.6) is 5.75 Å². The number of ether oxygens (including phenoxy) is 1. The van der Waals surface area contributed by atoms with Crippen molar-refractivity contribution in [2.24, 2.45) is 11.8 Å². The summed E-state index contributed by atoms with van der Waals surface area (Å²) in [4.78, 5) is 35.8. The van der Waals surface area contributed by atoms with E-state index < -0.39 is 0 Å². The monoisotopic (exact) mass is 352 g/mol. The van der Waals surface area contributed by atoms with Crippen molar-refractivity contribution in [1.82, 2.24) is 0 Å². The van der Waals surface area contributed by atoms with Gasteiger partial charge in [0, 0.05) is 16.9 Å². The first kappa shape index (κ1) is 17.7. The van der Waals surface area contributed by atoms with E-state index in [1.165, 1.54) is 6.92 Å². The van der Waals surface area contributed by atoms with Crippen molar-refractivity contribution in [1.29, 1.82) is 0 Å². The maximum atomic E-state index is 12.3. The number of rotatable bonds is 6. The third-order valence-corrected chi connectivity index (χ3v) is 4.38. The molecule has 0 aliphatic heterocycles. The van der Waals surface area contributed by atoms with E-state index in [4.69, 9.17) is 4.74 Å². The van der Waals surface area contributed by atoms with E-state index in [2.05, 4.69) is 10.6 Å². The number of hydrogen-bond acceptors (Lipinski definition) is 4. The lowest BCUT2D eigenvalue weighted by atomic mass is 10.1. The summed E-state index contributed by atoms with van der Waals surface area (Å²) in [5.74, 6) is -0.324. The van der Waals surface area contributed by atoms with Gasteiger partial charge in [-0.1, -0.05) is 0 Å². The molecule has 6 nitrogen and oxygen atoms in total. The Balaban J connectivity index is 1.52. The van der Waals surface area contributed by atoms with Crippen molar-refractivity contribution in [2.75, 3.05) is 17.7 Å². The molecule has 134 valence electrons. The highest BCUT2D eigenvalue weighted by Gasteiger charge is 2.48. The van der Waals surface area contributed by atoms with Gasteiger partial charge in [-0.2, -0.15) is 0 Å². The largest absolute Gasteiger partial charge is 0.497 e. The molecule has 1 saturated carbocycles. The number of hydrogen-bond donors (Lipinski definition) is 2. The van der Waals surface area contributed by atoms with Gasteiger partial charge in [0.15, 0.2) is 5.78 Å². The Labute approximate surface area is 151 Å². The van der Waals surface area contributed by atoms with Crippen molar-refractivity contribution >= 4 is 29.0 Å². The summed E-state index contributed by atoms with van der Waals surface area (Å²) >= 11 is 0. The fourth-order valence-corrected chi connectivity index (χ4v) is 2.71. The first-order chi connectivity index (χ1) is 12.5. The number of nitrogens with one attached hydrogen (secondary N) is 2. The summed E-state index contributed by atoms with van der Waals surface area (Å²) in [6, 6.07) is 13.7. The minimum atomic E-state index is -0.333. The minimum Gasteiger partial charge on any atom is -0.497 e. The highest BCUT2D eigenvalue weighted by atomic mass is 16.5. The van der Waals surface area contributed by atoms with Crippen molar-refractivity contribution in [3.8, 4) is 5.75 Å². The second-order valence-corrected chi connectivity index (χ2v) is 6.29. The quantitative estimate of drug-likeness (QED) is 0.783. The van der Waals surface area contributed by atoms with Crippen molar-refractivity contribution < 1.29 is 19.1 Å². The van der Waals surface area contributed by atoms with E-state index in [9.17, 15) is 14.4 Å². The zero-order valence-electron chi connectivity index (χ0n) is 14.6. The summed E-state index contributed by atoms with van der Waals surface area (Å²) in [6.45, 7) is 1.49. The molecule has 0 spiro atoms. The van der Waals surface area contributed by atoms with Crippen molar-refractivity contribution in [3.05, 3.63) is 54.1 Å². The van der Waals surface area contributed by atoms with Gasteiger partial charge in [-0.15, -0.1) is 0 Å². The second-order valence-electron chi connectivity index (χ2n) is 6.29. The van der Waals surface area contributed by atoms with Gasteiger partial charge in [-0.05, 0) is 61.9 Å². The number of methoxy groups -OCH3 is 1. The maximum absolute atomic E-state index is 12.3. The fraction of sp³-hybridized carbons (Fsp3) is 0.250. The molecule has 2 aromatic carbocycles. The summed E-state index contributed by atoms with van der Waals surface area (Å²) < 4.78 is 5.08. The van der Waals surface area contributed by atoms with E-state index in [1.807, 2.05) is 0 Å². The lowest BCUT2D eigenvalue weighted by Gasteiger charge is -2.07. The van der Waals surface area contributed by atoms with Crippen LogP contribution in [0.15, 0.2) is 48.5 Å². The molecule has 0 bridgehead atoms. The minimum absolute atomic E-state index is 0.0275. The molecule has 1 aliphatic rings. The van der Waals surface area contributed by atoms with E-state index in [-0.39, 0.29) is 29.4 Å². The molecule has 3 rings (SSSR count). The molecule has 0 aromatic heterocycles. The first-order valence-electron chi connectivity index (χ1n) is 8.34. The molecule has 26 heavy (non-hydrogen) atoms. The third-order valence-electron chi connectivity index (χ3n) is 4.38. The Bertz CT molecular complexity index is 828. The normalized spacial score (nSPS) is 17.9. The number of amides is 2. The molecular formula is C20H20N2O4. The molecule has 2 atom stereocenters. The van der Waals surface area contributed by atoms with Crippen LogP contribution in [0.3, 0.4) is 0 Å². The van der Waals surface area contributed by atoms with Gasteiger partial charge >= 0.3 is 0 Å². The Kier molecular flexibility index (Phi) is 5.02.